The van der Waals surface area contributed by atoms with Crippen LogP contribution in [0.1, 0.15) is 4.88 Å². The highest BCUT2D eigenvalue weighted by Gasteiger charge is 2.13. The summed E-state index contributed by atoms with van der Waals surface area (Å²) in [7, 11) is 3.56. The Balaban J connectivity index is 2.33. The maximum absolute atomic E-state index is 5.74. The summed E-state index contributed by atoms with van der Waals surface area (Å²) in [6, 6.07) is 3.67. The topological polar surface area (TPSA) is 41.5 Å². The molecule has 2 heterocycles. The largest absolute Gasteiger partial charge is 0.251 e. The molecule has 0 saturated carbocycles. The molecular weight excluding hydrogens is 196 g/mol. The molecule has 4 nitrogen and oxygen atoms in total. The Morgan fingerprint density at radius 1 is 1.50 bits per heavy atom. The van der Waals surface area contributed by atoms with Crippen molar-refractivity contribution < 1.29 is 5.12 Å². The van der Waals surface area contributed by atoms with E-state index < -0.39 is 0 Å². The summed E-state index contributed by atoms with van der Waals surface area (Å²) in [4.78, 5) is 0.919. The number of quaternary nitrogens is 1. The van der Waals surface area contributed by atoms with Gasteiger partial charge in [-0.25, -0.2) is 0 Å². The summed E-state index contributed by atoms with van der Waals surface area (Å²) < 4.78 is 0.723. The van der Waals surface area contributed by atoms with E-state index in [-0.39, 0.29) is 0 Å². The van der Waals surface area contributed by atoms with E-state index in [9.17, 15) is 0 Å². The van der Waals surface area contributed by atoms with E-state index in [4.69, 9.17) is 11.6 Å². The van der Waals surface area contributed by atoms with E-state index in [0.717, 1.165) is 9.21 Å². The lowest BCUT2D eigenvalue weighted by molar-refractivity contribution is -0.868. The lowest BCUT2D eigenvalue weighted by Gasteiger charge is -1.92. The number of nitrogens with zero attached hydrogens (tertiary/aromatic N) is 3. The quantitative estimate of drug-likeness (QED) is 0.661. The first-order chi connectivity index (χ1) is 5.75. The van der Waals surface area contributed by atoms with Crippen LogP contribution in [0.25, 0.3) is 0 Å². The van der Waals surface area contributed by atoms with E-state index in [1.807, 2.05) is 6.07 Å². The highest BCUT2D eigenvalue weighted by Crippen LogP contribution is 2.22. The first-order valence-corrected chi connectivity index (χ1v) is 4.40. The van der Waals surface area contributed by atoms with Crippen molar-refractivity contribution in [2.24, 2.45) is 15.4 Å². The zero-order valence-electron chi connectivity index (χ0n) is 5.99. The van der Waals surface area contributed by atoms with E-state index in [1.165, 1.54) is 11.3 Å². The first kappa shape index (κ1) is 7.85. The zero-order chi connectivity index (χ0) is 8.55. The van der Waals surface area contributed by atoms with Gasteiger partial charge in [0.1, 0.15) is 0 Å². The van der Waals surface area contributed by atoms with E-state index >= 15 is 0 Å². The molecule has 2 rings (SSSR count). The minimum atomic E-state index is 0.439. The summed E-state index contributed by atoms with van der Waals surface area (Å²) in [5.41, 5.74) is 0. The van der Waals surface area contributed by atoms with Crippen molar-refractivity contribution in [1.29, 1.82) is 0 Å². The molecule has 0 saturated heterocycles. The van der Waals surface area contributed by atoms with Crippen LogP contribution in [0.5, 0.6) is 0 Å². The van der Waals surface area contributed by atoms with Gasteiger partial charge in [0, 0.05) is 5.22 Å². The minimum absolute atomic E-state index is 0.439. The minimum Gasteiger partial charge on any atom is -0.192 e. The summed E-state index contributed by atoms with van der Waals surface area (Å²) in [6.07, 6.45) is 0. The molecule has 0 fully saturated rings. The second kappa shape index (κ2) is 2.93. The lowest BCUT2D eigenvalue weighted by Crippen LogP contribution is -2.95. The number of rotatable bonds is 1. The third-order valence-electron chi connectivity index (χ3n) is 1.29. The van der Waals surface area contributed by atoms with Crippen LogP contribution in [0.15, 0.2) is 27.6 Å². The molecular formula is C6H5ClN4S. The van der Waals surface area contributed by atoms with Crippen LogP contribution in [0.3, 0.4) is 0 Å². The number of amidine groups is 1. The Morgan fingerprint density at radius 3 is 2.83 bits per heavy atom. The van der Waals surface area contributed by atoms with Gasteiger partial charge < -0.3 is 0 Å². The summed E-state index contributed by atoms with van der Waals surface area (Å²) in [5.74, 6) is 0.594. The molecule has 1 aliphatic heterocycles. The lowest BCUT2D eigenvalue weighted by atomic mass is 10.4. The third kappa shape index (κ3) is 1.38. The van der Waals surface area contributed by atoms with Gasteiger partial charge in [-0.05, 0) is 12.1 Å². The molecule has 1 atom stereocenters. The molecule has 1 aliphatic rings. The summed E-state index contributed by atoms with van der Waals surface area (Å²) in [6.45, 7) is 0. The van der Waals surface area contributed by atoms with Crippen molar-refractivity contribution in [2.75, 3.05) is 0 Å². The van der Waals surface area contributed by atoms with Gasteiger partial charge >= 0.3 is 0 Å². The Bertz CT molecular complexity index is 356. The summed E-state index contributed by atoms with van der Waals surface area (Å²) >= 11 is 7.17. The fraction of sp³-hybridized carbons (Fsp3) is 0. The molecule has 6 heteroatoms. The van der Waals surface area contributed by atoms with Crippen molar-refractivity contribution in [1.82, 2.24) is 0 Å². The number of nitrogens with one attached hydrogen (secondary N) is 1. The van der Waals surface area contributed by atoms with Crippen LogP contribution in [0, 0.1) is 7.05 Å². The number of halogens is 1. The number of thiophene rings is 1. The van der Waals surface area contributed by atoms with Crippen molar-refractivity contribution in [3.05, 3.63) is 28.4 Å². The molecule has 12 heavy (non-hydrogen) atoms. The van der Waals surface area contributed by atoms with Gasteiger partial charge in [0.2, 0.25) is 0 Å². The van der Waals surface area contributed by atoms with Crippen LogP contribution in [-0.4, -0.2) is 5.84 Å². The van der Waals surface area contributed by atoms with Gasteiger partial charge in [0.25, 0.3) is 5.84 Å². The second-order valence-corrected chi connectivity index (χ2v) is 3.87. The Labute approximate surface area is 78.1 Å². The van der Waals surface area contributed by atoms with Crippen LogP contribution < -0.4 is 5.12 Å². The number of hydrogen-bond donors (Lipinski definition) is 1. The molecule has 0 spiro atoms. The van der Waals surface area contributed by atoms with E-state index in [0.29, 0.717) is 11.0 Å². The van der Waals surface area contributed by atoms with Gasteiger partial charge in [0.15, 0.2) is 0 Å². The average molecular weight is 201 g/mol. The summed E-state index contributed by atoms with van der Waals surface area (Å²) in [5, 5.41) is 12.0. The van der Waals surface area contributed by atoms with Crippen molar-refractivity contribution in [3.8, 4) is 0 Å². The van der Waals surface area contributed by atoms with E-state index in [1.54, 1.807) is 6.07 Å². The van der Waals surface area contributed by atoms with Crippen molar-refractivity contribution in [3.63, 3.8) is 0 Å². The second-order valence-electron chi connectivity index (χ2n) is 2.16. The Morgan fingerprint density at radius 2 is 2.33 bits per heavy atom. The van der Waals surface area contributed by atoms with E-state index in [2.05, 4.69) is 22.5 Å². The van der Waals surface area contributed by atoms with Gasteiger partial charge in [0.05, 0.1) is 9.21 Å². The maximum atomic E-state index is 5.74. The van der Waals surface area contributed by atoms with Gasteiger partial charge in [-0.2, -0.15) is 5.12 Å². The SMILES string of the molecule is [CH2-][NH+]1N=NC(c2ccc(Cl)s2)=N1. The molecule has 0 radical (unpaired) electrons. The standard InChI is InChI=1S/C6H5ClN4S/c1-11-9-6(8-10-11)4-2-3-5(7)12-4/h2-3,11H,1H2. The first-order valence-electron chi connectivity index (χ1n) is 3.21. The molecule has 62 valence electrons. The monoisotopic (exact) mass is 200 g/mol. The Kier molecular flexibility index (Phi) is 1.92. The van der Waals surface area contributed by atoms with Crippen molar-refractivity contribution in [2.45, 2.75) is 0 Å². The van der Waals surface area contributed by atoms with Crippen LogP contribution >= 0.6 is 22.9 Å². The van der Waals surface area contributed by atoms with Gasteiger partial charge in [-0.3, -0.25) is 0 Å². The predicted molar refractivity (Wildman–Crippen MR) is 47.0 cm³/mol. The molecule has 1 aromatic heterocycles. The molecule has 0 aromatic carbocycles. The van der Waals surface area contributed by atoms with Gasteiger partial charge in [-0.15, -0.1) is 11.3 Å². The van der Waals surface area contributed by atoms with Crippen LogP contribution in [-0.2, 0) is 0 Å². The zero-order valence-corrected chi connectivity index (χ0v) is 7.56. The normalized spacial score (nSPS) is 21.5. The molecule has 0 amide bonds. The van der Waals surface area contributed by atoms with Crippen LogP contribution in [0.2, 0.25) is 4.34 Å². The molecule has 0 aliphatic carbocycles. The third-order valence-corrected chi connectivity index (χ3v) is 2.52. The smallest absolute Gasteiger partial charge is 0.192 e. The highest BCUT2D eigenvalue weighted by atomic mass is 35.5. The average Bonchev–Trinajstić information content (AvgIpc) is 2.58. The maximum Gasteiger partial charge on any atom is 0.251 e. The van der Waals surface area contributed by atoms with Crippen molar-refractivity contribution >= 4 is 28.8 Å². The predicted octanol–water partition coefficient (Wildman–Crippen LogP) is 1.12. The number of hydrogen-bond acceptors (Lipinski definition) is 4. The highest BCUT2D eigenvalue weighted by molar-refractivity contribution is 7.18. The molecule has 1 unspecified atom stereocenters. The molecule has 1 aromatic rings. The fourth-order valence-electron chi connectivity index (χ4n) is 0.811. The molecule has 1 N–H and O–H groups in total. The molecule has 0 bridgehead atoms. The fourth-order valence-corrected chi connectivity index (χ4v) is 1.78. The van der Waals surface area contributed by atoms with Crippen LogP contribution in [0.4, 0.5) is 0 Å². The Hall–Kier alpha value is -0.780. The van der Waals surface area contributed by atoms with Gasteiger partial charge in [-0.1, -0.05) is 28.9 Å².